The summed E-state index contributed by atoms with van der Waals surface area (Å²) in [7, 11) is 0. The Labute approximate surface area is 204 Å². The molecule has 0 spiro atoms. The summed E-state index contributed by atoms with van der Waals surface area (Å²) in [5.41, 5.74) is 1.19. The molecule has 7 nitrogen and oxygen atoms in total. The summed E-state index contributed by atoms with van der Waals surface area (Å²) in [5.74, 6) is 0.816. The lowest BCUT2D eigenvalue weighted by atomic mass is 10.1. The summed E-state index contributed by atoms with van der Waals surface area (Å²) in [5, 5.41) is 0. The molecule has 2 aromatic carbocycles. The maximum absolute atomic E-state index is 12.3. The van der Waals surface area contributed by atoms with Crippen LogP contribution in [0.1, 0.15) is 32.3 Å². The Morgan fingerprint density at radius 1 is 0.912 bits per heavy atom. The van der Waals surface area contributed by atoms with Crippen molar-refractivity contribution in [2.75, 3.05) is 39.3 Å². The number of piperazine rings is 1. The summed E-state index contributed by atoms with van der Waals surface area (Å²) in [6, 6.07) is 16.9. The van der Waals surface area contributed by atoms with E-state index in [0.29, 0.717) is 6.54 Å². The van der Waals surface area contributed by atoms with Crippen molar-refractivity contribution in [1.82, 2.24) is 14.7 Å². The molecule has 2 fully saturated rings. The number of aliphatic imine (C=N–C) groups is 1. The molecule has 2 amide bonds. The second-order valence-electron chi connectivity index (χ2n) is 9.37. The minimum atomic E-state index is -1.04. The average Bonchev–Trinajstić information content (AvgIpc) is 2.96. The van der Waals surface area contributed by atoms with Crippen LogP contribution in [0, 0.1) is 0 Å². The number of hydrogen-bond donors (Lipinski definition) is 0. The van der Waals surface area contributed by atoms with Crippen molar-refractivity contribution >= 4 is 35.3 Å². The zero-order valence-electron chi connectivity index (χ0n) is 19.7. The third-order valence-electron chi connectivity index (χ3n) is 6.54. The van der Waals surface area contributed by atoms with Gasteiger partial charge in [-0.05, 0) is 51.4 Å². The normalized spacial score (nSPS) is 19.9. The third-order valence-corrected chi connectivity index (χ3v) is 7.68. The Kier molecular flexibility index (Phi) is 6.36. The van der Waals surface area contributed by atoms with E-state index in [1.807, 2.05) is 6.07 Å². The predicted octanol–water partition coefficient (Wildman–Crippen LogP) is 4.38. The topological polar surface area (TPSA) is 65.5 Å². The van der Waals surface area contributed by atoms with Crippen molar-refractivity contribution in [3.8, 4) is 0 Å². The van der Waals surface area contributed by atoms with Gasteiger partial charge in [-0.25, -0.2) is 14.7 Å². The monoisotopic (exact) mass is 478 g/mol. The number of rotatable bonds is 5. The molecular weight excluding hydrogens is 448 g/mol. The fourth-order valence-corrected chi connectivity index (χ4v) is 5.63. The number of amides is 2. The quantitative estimate of drug-likeness (QED) is 0.594. The van der Waals surface area contributed by atoms with Gasteiger partial charge in [-0.2, -0.15) is 0 Å². The predicted molar refractivity (Wildman–Crippen MR) is 133 cm³/mol. The van der Waals surface area contributed by atoms with E-state index in [1.54, 1.807) is 25.6 Å². The highest BCUT2D eigenvalue weighted by Crippen LogP contribution is 2.40. The molecule has 178 valence electrons. The molecule has 0 atom stereocenters. The number of carbonyl (C=O) groups is 2. The molecule has 0 N–H and O–H groups in total. The van der Waals surface area contributed by atoms with Gasteiger partial charge in [0, 0.05) is 48.1 Å². The number of ether oxygens (including phenoxy) is 1. The van der Waals surface area contributed by atoms with Crippen LogP contribution in [0.5, 0.6) is 0 Å². The molecular formula is C26H30N4O3S. The van der Waals surface area contributed by atoms with Crippen molar-refractivity contribution in [2.24, 2.45) is 4.99 Å². The molecule has 2 aromatic rings. The van der Waals surface area contributed by atoms with Gasteiger partial charge in [-0.15, -0.1) is 0 Å². The molecule has 3 heterocycles. The minimum absolute atomic E-state index is 0.240. The van der Waals surface area contributed by atoms with E-state index in [-0.39, 0.29) is 5.91 Å². The second-order valence-corrected chi connectivity index (χ2v) is 10.5. The Balaban J connectivity index is 1.17. The lowest BCUT2D eigenvalue weighted by molar-refractivity contribution is -0.134. The summed E-state index contributed by atoms with van der Waals surface area (Å²) in [6.45, 7) is 8.43. The second kappa shape index (κ2) is 9.43. The molecule has 0 aliphatic carbocycles. The van der Waals surface area contributed by atoms with Gasteiger partial charge < -0.3 is 9.64 Å². The standard InChI is InChI=1S/C26H30N4O3S/c1-26(2)24(31)30(25(32)33-26)14-8-7-13-28-15-17-29(18-16-28)23-19-9-3-5-11-21(19)34-22-12-6-4-10-20(22)27-23/h3-6,9-12H,7-8,13-18H2,1-2H3. The fourth-order valence-electron chi connectivity index (χ4n) is 4.62. The maximum Gasteiger partial charge on any atom is 0.417 e. The van der Waals surface area contributed by atoms with Crippen LogP contribution in [0.15, 0.2) is 63.3 Å². The van der Waals surface area contributed by atoms with E-state index < -0.39 is 11.7 Å². The largest absolute Gasteiger partial charge is 0.433 e. The van der Waals surface area contributed by atoms with Gasteiger partial charge in [0.25, 0.3) is 5.91 Å². The fraction of sp³-hybridized carbons (Fsp3) is 0.423. The molecule has 2 saturated heterocycles. The molecule has 3 aliphatic heterocycles. The number of benzene rings is 2. The number of fused-ring (bicyclic) bond motifs is 2. The lowest BCUT2D eigenvalue weighted by Crippen LogP contribution is -2.49. The van der Waals surface area contributed by atoms with E-state index in [2.05, 4.69) is 52.3 Å². The Hall–Kier alpha value is -2.84. The smallest absolute Gasteiger partial charge is 0.417 e. The number of cyclic esters (lactones) is 1. The lowest BCUT2D eigenvalue weighted by Gasteiger charge is -2.36. The molecule has 0 aromatic heterocycles. The van der Waals surface area contributed by atoms with Crippen LogP contribution < -0.4 is 0 Å². The molecule has 8 heteroatoms. The number of hydrogen-bond acceptors (Lipinski definition) is 7. The van der Waals surface area contributed by atoms with Crippen LogP contribution in [0.3, 0.4) is 0 Å². The van der Waals surface area contributed by atoms with Gasteiger partial charge in [0.05, 0.1) is 5.69 Å². The Morgan fingerprint density at radius 3 is 2.32 bits per heavy atom. The summed E-state index contributed by atoms with van der Waals surface area (Å²) < 4.78 is 5.15. The van der Waals surface area contributed by atoms with Gasteiger partial charge in [-0.3, -0.25) is 9.69 Å². The zero-order chi connectivity index (χ0) is 23.7. The molecule has 5 rings (SSSR count). The first kappa shape index (κ1) is 22.9. The van der Waals surface area contributed by atoms with E-state index >= 15 is 0 Å². The first-order valence-electron chi connectivity index (χ1n) is 11.9. The van der Waals surface area contributed by atoms with Crippen molar-refractivity contribution in [3.05, 3.63) is 54.1 Å². The van der Waals surface area contributed by atoms with Crippen molar-refractivity contribution in [3.63, 3.8) is 0 Å². The number of para-hydroxylation sites is 1. The first-order valence-corrected chi connectivity index (χ1v) is 12.7. The van der Waals surface area contributed by atoms with Gasteiger partial charge in [0.2, 0.25) is 0 Å². The number of nitrogens with zero attached hydrogens (tertiary/aromatic N) is 4. The SMILES string of the molecule is CC1(C)OC(=O)N(CCCCN2CCN(C3=Nc4ccccc4Sc4ccccc43)CC2)C1=O. The van der Waals surface area contributed by atoms with Crippen LogP contribution in [0.2, 0.25) is 0 Å². The first-order chi connectivity index (χ1) is 16.4. The zero-order valence-corrected chi connectivity index (χ0v) is 20.5. The molecule has 3 aliphatic rings. The highest BCUT2D eigenvalue weighted by molar-refractivity contribution is 7.99. The van der Waals surface area contributed by atoms with Gasteiger partial charge in [-0.1, -0.05) is 42.1 Å². The van der Waals surface area contributed by atoms with Gasteiger partial charge >= 0.3 is 6.09 Å². The molecule has 0 radical (unpaired) electrons. The number of imide groups is 1. The van der Waals surface area contributed by atoms with Gasteiger partial charge in [0.15, 0.2) is 5.60 Å². The molecule has 0 unspecified atom stereocenters. The van der Waals surface area contributed by atoms with Crippen LogP contribution >= 0.6 is 11.8 Å². The number of carbonyl (C=O) groups excluding carboxylic acids is 2. The average molecular weight is 479 g/mol. The van der Waals surface area contributed by atoms with Crippen molar-refractivity contribution < 1.29 is 14.3 Å². The van der Waals surface area contributed by atoms with E-state index in [4.69, 9.17) is 9.73 Å². The molecule has 0 bridgehead atoms. The highest BCUT2D eigenvalue weighted by atomic mass is 32.2. The number of unbranched alkanes of at least 4 members (excludes halogenated alkanes) is 1. The molecule has 34 heavy (non-hydrogen) atoms. The minimum Gasteiger partial charge on any atom is -0.433 e. The summed E-state index contributed by atoms with van der Waals surface area (Å²) in [4.78, 5) is 37.8. The van der Waals surface area contributed by atoms with Crippen molar-refractivity contribution in [2.45, 2.75) is 42.1 Å². The van der Waals surface area contributed by atoms with Crippen LogP contribution in [-0.4, -0.2) is 77.4 Å². The van der Waals surface area contributed by atoms with E-state index in [9.17, 15) is 9.59 Å². The maximum atomic E-state index is 12.3. The number of amidine groups is 1. The summed E-state index contributed by atoms with van der Waals surface area (Å²) >= 11 is 1.78. The summed E-state index contributed by atoms with van der Waals surface area (Å²) in [6.07, 6.45) is 1.20. The van der Waals surface area contributed by atoms with Crippen molar-refractivity contribution in [1.29, 1.82) is 0 Å². The van der Waals surface area contributed by atoms with Crippen LogP contribution in [0.4, 0.5) is 10.5 Å². The Bertz CT molecular complexity index is 1120. The molecule has 0 saturated carbocycles. The van der Waals surface area contributed by atoms with Crippen LogP contribution in [0.25, 0.3) is 0 Å². The van der Waals surface area contributed by atoms with E-state index in [0.717, 1.165) is 57.1 Å². The highest BCUT2D eigenvalue weighted by Gasteiger charge is 2.46. The third kappa shape index (κ3) is 4.57. The Morgan fingerprint density at radius 2 is 1.59 bits per heavy atom. The van der Waals surface area contributed by atoms with Gasteiger partial charge in [0.1, 0.15) is 5.84 Å². The van der Waals surface area contributed by atoms with E-state index in [1.165, 1.54) is 20.3 Å². The van der Waals surface area contributed by atoms with Crippen LogP contribution in [-0.2, 0) is 9.53 Å².